The fourth-order valence-electron chi connectivity index (χ4n) is 6.79. The summed E-state index contributed by atoms with van der Waals surface area (Å²) >= 11 is 6.22. The number of alkyl halides is 3. The molecule has 1 heterocycles. The van der Waals surface area contributed by atoms with Crippen LogP contribution in [0.3, 0.4) is 0 Å². The smallest absolute Gasteiger partial charge is 0.398 e. The largest absolute Gasteiger partial charge is 0.416 e. The number of hydrogen-bond donors (Lipinski definition) is 1. The molecule has 2 atom stereocenters. The molecule has 0 radical (unpaired) electrons. The van der Waals surface area contributed by atoms with E-state index in [1.165, 1.54) is 12.1 Å². The summed E-state index contributed by atoms with van der Waals surface area (Å²) in [5.74, 6) is 0.377. The van der Waals surface area contributed by atoms with Gasteiger partial charge in [0.1, 0.15) is 0 Å². The molecule has 3 fully saturated rings. The molecular formula is C28H32ClF3N2O. The number of aryl methyl sites for hydroxylation is 1. The van der Waals surface area contributed by atoms with Crippen molar-refractivity contribution in [2.45, 2.75) is 64.0 Å². The molecule has 35 heavy (non-hydrogen) atoms. The number of carbonyl (C=O) groups is 1. The highest BCUT2D eigenvalue weighted by Gasteiger charge is 2.68. The van der Waals surface area contributed by atoms with Crippen molar-refractivity contribution in [3.8, 4) is 0 Å². The normalized spacial score (nSPS) is 26.6. The molecule has 188 valence electrons. The van der Waals surface area contributed by atoms with E-state index in [0.717, 1.165) is 50.5 Å². The SMILES string of the molecule is Nc1ccc(CC[C@@]2(Cc3ccccc3C(F)(F)F)C[C@]23CCN(C(=O)C2CCCC2)C3)cc1Cl. The zero-order chi connectivity index (χ0) is 24.8. The second-order valence-corrected chi connectivity index (χ2v) is 11.3. The Morgan fingerprint density at radius 1 is 1.14 bits per heavy atom. The molecule has 2 aromatic rings. The van der Waals surface area contributed by atoms with Gasteiger partial charge in [-0.2, -0.15) is 13.2 Å². The lowest BCUT2D eigenvalue weighted by Crippen LogP contribution is -2.34. The number of likely N-dealkylation sites (tertiary alicyclic amines) is 1. The minimum absolute atomic E-state index is 0.114. The molecule has 1 amide bonds. The van der Waals surface area contributed by atoms with Crippen LogP contribution in [0.25, 0.3) is 0 Å². The van der Waals surface area contributed by atoms with E-state index in [0.29, 0.717) is 42.2 Å². The van der Waals surface area contributed by atoms with Crippen LogP contribution in [0.1, 0.15) is 61.6 Å². The third-order valence-corrected chi connectivity index (χ3v) is 9.18. The Hall–Kier alpha value is -2.21. The van der Waals surface area contributed by atoms with Crippen molar-refractivity contribution in [2.75, 3.05) is 18.8 Å². The van der Waals surface area contributed by atoms with Crippen LogP contribution in [0.15, 0.2) is 42.5 Å². The first-order chi connectivity index (χ1) is 16.6. The summed E-state index contributed by atoms with van der Waals surface area (Å²) in [7, 11) is 0. The lowest BCUT2D eigenvalue weighted by molar-refractivity contribution is -0.138. The summed E-state index contributed by atoms with van der Waals surface area (Å²) in [6.45, 7) is 1.38. The molecular weight excluding hydrogens is 473 g/mol. The zero-order valence-electron chi connectivity index (χ0n) is 19.8. The maximum Gasteiger partial charge on any atom is 0.416 e. The van der Waals surface area contributed by atoms with Crippen LogP contribution < -0.4 is 5.73 Å². The summed E-state index contributed by atoms with van der Waals surface area (Å²) in [6, 6.07) is 11.5. The van der Waals surface area contributed by atoms with Crippen LogP contribution >= 0.6 is 11.6 Å². The van der Waals surface area contributed by atoms with Gasteiger partial charge in [0.15, 0.2) is 0 Å². The number of halogens is 4. The Kier molecular flexibility index (Phi) is 6.31. The van der Waals surface area contributed by atoms with E-state index in [4.69, 9.17) is 17.3 Å². The van der Waals surface area contributed by atoms with Crippen molar-refractivity contribution >= 4 is 23.2 Å². The molecule has 0 aromatic heterocycles. The average Bonchev–Trinajstić information content (AvgIpc) is 3.21. The van der Waals surface area contributed by atoms with E-state index in [9.17, 15) is 18.0 Å². The number of carbonyl (C=O) groups excluding carboxylic acids is 1. The summed E-state index contributed by atoms with van der Waals surface area (Å²) in [5, 5.41) is 0.499. The summed E-state index contributed by atoms with van der Waals surface area (Å²) in [4.78, 5) is 15.1. The maximum atomic E-state index is 13.8. The molecule has 0 bridgehead atoms. The van der Waals surface area contributed by atoms with Gasteiger partial charge in [-0.25, -0.2) is 0 Å². The summed E-state index contributed by atoms with van der Waals surface area (Å²) < 4.78 is 41.4. The van der Waals surface area contributed by atoms with Gasteiger partial charge in [0.05, 0.1) is 16.3 Å². The highest BCUT2D eigenvalue weighted by Crippen LogP contribution is 2.72. The minimum atomic E-state index is -4.38. The number of nitrogens with zero attached hydrogens (tertiary/aromatic N) is 1. The number of benzene rings is 2. The first-order valence-corrected chi connectivity index (χ1v) is 13.0. The summed E-state index contributed by atoms with van der Waals surface area (Å²) in [5.41, 5.74) is 6.83. The molecule has 2 saturated carbocycles. The highest BCUT2D eigenvalue weighted by atomic mass is 35.5. The molecule has 1 saturated heterocycles. The van der Waals surface area contributed by atoms with E-state index in [-0.39, 0.29) is 22.7 Å². The van der Waals surface area contributed by atoms with E-state index >= 15 is 0 Å². The third-order valence-electron chi connectivity index (χ3n) is 8.86. The number of rotatable bonds is 6. The van der Waals surface area contributed by atoms with Crippen molar-refractivity contribution in [3.63, 3.8) is 0 Å². The molecule has 2 N–H and O–H groups in total. The predicted octanol–water partition coefficient (Wildman–Crippen LogP) is 6.92. The Labute approximate surface area is 209 Å². The van der Waals surface area contributed by atoms with Gasteiger partial charge in [0.2, 0.25) is 5.91 Å². The van der Waals surface area contributed by atoms with Crippen LogP contribution in [0.4, 0.5) is 18.9 Å². The van der Waals surface area contributed by atoms with Crippen LogP contribution in [0, 0.1) is 16.7 Å². The fourth-order valence-corrected chi connectivity index (χ4v) is 6.99. The molecule has 5 rings (SSSR count). The molecule has 1 aliphatic heterocycles. The van der Waals surface area contributed by atoms with Crippen molar-refractivity contribution < 1.29 is 18.0 Å². The van der Waals surface area contributed by atoms with Gasteiger partial charge in [0, 0.05) is 19.0 Å². The van der Waals surface area contributed by atoms with Crippen molar-refractivity contribution in [1.29, 1.82) is 0 Å². The van der Waals surface area contributed by atoms with E-state index in [1.807, 2.05) is 17.0 Å². The van der Waals surface area contributed by atoms with E-state index in [2.05, 4.69) is 0 Å². The van der Waals surface area contributed by atoms with Gasteiger partial charge >= 0.3 is 6.18 Å². The Morgan fingerprint density at radius 2 is 1.89 bits per heavy atom. The Bertz CT molecular complexity index is 1110. The molecule has 3 nitrogen and oxygen atoms in total. The van der Waals surface area contributed by atoms with Gasteiger partial charge < -0.3 is 10.6 Å². The topological polar surface area (TPSA) is 46.3 Å². The number of anilines is 1. The lowest BCUT2D eigenvalue weighted by Gasteiger charge is -2.26. The van der Waals surface area contributed by atoms with Crippen molar-refractivity contribution in [2.24, 2.45) is 16.7 Å². The quantitative estimate of drug-likeness (QED) is 0.434. The molecule has 3 aliphatic rings. The van der Waals surface area contributed by atoms with E-state index in [1.54, 1.807) is 18.2 Å². The molecule has 1 spiro atoms. The second kappa shape index (κ2) is 9.02. The van der Waals surface area contributed by atoms with Crippen LogP contribution in [-0.4, -0.2) is 23.9 Å². The summed E-state index contributed by atoms with van der Waals surface area (Å²) in [6.07, 6.45) is 3.31. The standard InChI is InChI=1S/C28H32ClF3N2O/c29-23-15-19(9-10-24(23)33)11-12-26(16-21-7-3-4-8-22(21)28(30,31)32)17-27(26)13-14-34(18-27)25(35)20-5-1-2-6-20/h3-4,7-10,15,20H,1-2,5-6,11-14,16-18,33H2/t26-,27+/m1/s1. The van der Waals surface area contributed by atoms with Crippen LogP contribution in [0.2, 0.25) is 5.02 Å². The Morgan fingerprint density at radius 3 is 2.60 bits per heavy atom. The average molecular weight is 505 g/mol. The zero-order valence-corrected chi connectivity index (χ0v) is 20.6. The molecule has 0 unspecified atom stereocenters. The van der Waals surface area contributed by atoms with Crippen molar-refractivity contribution in [3.05, 3.63) is 64.2 Å². The van der Waals surface area contributed by atoms with E-state index < -0.39 is 11.7 Å². The van der Waals surface area contributed by atoms with Gasteiger partial charge in [0.25, 0.3) is 0 Å². The second-order valence-electron chi connectivity index (χ2n) is 10.9. The van der Waals surface area contributed by atoms with Gasteiger partial charge in [-0.1, -0.05) is 48.7 Å². The van der Waals surface area contributed by atoms with Gasteiger partial charge in [-0.15, -0.1) is 0 Å². The monoisotopic (exact) mass is 504 g/mol. The van der Waals surface area contributed by atoms with Crippen LogP contribution in [-0.2, 0) is 23.8 Å². The number of amides is 1. The first-order valence-electron chi connectivity index (χ1n) is 12.6. The molecule has 2 aliphatic carbocycles. The lowest BCUT2D eigenvalue weighted by atomic mass is 9.80. The number of nitrogens with two attached hydrogens (primary N) is 1. The maximum absolute atomic E-state index is 13.8. The number of nitrogen functional groups attached to an aromatic ring is 1. The predicted molar refractivity (Wildman–Crippen MR) is 132 cm³/mol. The highest BCUT2D eigenvalue weighted by molar-refractivity contribution is 6.33. The fraction of sp³-hybridized carbons (Fsp3) is 0.536. The Balaban J connectivity index is 1.40. The molecule has 2 aromatic carbocycles. The first kappa shape index (κ1) is 24.5. The number of hydrogen-bond acceptors (Lipinski definition) is 2. The minimum Gasteiger partial charge on any atom is -0.398 e. The van der Waals surface area contributed by atoms with Crippen LogP contribution in [0.5, 0.6) is 0 Å². The van der Waals surface area contributed by atoms with Gasteiger partial charge in [-0.3, -0.25) is 4.79 Å². The molecule has 7 heteroatoms. The third kappa shape index (κ3) is 4.66. The van der Waals surface area contributed by atoms with Gasteiger partial charge in [-0.05, 0) is 85.1 Å². The van der Waals surface area contributed by atoms with Crippen molar-refractivity contribution in [1.82, 2.24) is 4.90 Å².